The summed E-state index contributed by atoms with van der Waals surface area (Å²) in [5.74, 6) is -0.764. The van der Waals surface area contributed by atoms with Crippen LogP contribution in [0.15, 0.2) is 34.4 Å². The van der Waals surface area contributed by atoms with Crippen LogP contribution in [0, 0.1) is 0 Å². The van der Waals surface area contributed by atoms with E-state index in [2.05, 4.69) is 30.7 Å². The lowest BCUT2D eigenvalue weighted by molar-refractivity contribution is -0.138. The van der Waals surface area contributed by atoms with Crippen LogP contribution in [0.25, 0.3) is 0 Å². The van der Waals surface area contributed by atoms with Crippen LogP contribution in [-0.4, -0.2) is 33.3 Å². The molecule has 0 fully saturated rings. The first kappa shape index (κ1) is 16.0. The van der Waals surface area contributed by atoms with Gasteiger partial charge in [0.1, 0.15) is 11.4 Å². The molecule has 1 N–H and O–H groups in total. The van der Waals surface area contributed by atoms with Crippen molar-refractivity contribution in [3.8, 4) is 5.75 Å². The Hall–Kier alpha value is -2.02. The Bertz CT molecular complexity index is 542. The fraction of sp³-hybridized carbons (Fsp3) is 0.231. The summed E-state index contributed by atoms with van der Waals surface area (Å²) in [7, 11) is 3.96. The van der Waals surface area contributed by atoms with Gasteiger partial charge in [-0.05, 0) is 28.1 Å². The standard InChI is InChI=1S/C13H14BrNO5/c1-18-8-4-5-9(14)10(6-8)15-11(13(17)20-3)7-12(16)19-2/h4-7,15H,1-3H3/b11-7+. The van der Waals surface area contributed by atoms with E-state index in [0.29, 0.717) is 15.9 Å². The highest BCUT2D eigenvalue weighted by Gasteiger charge is 2.14. The van der Waals surface area contributed by atoms with E-state index in [1.54, 1.807) is 18.2 Å². The molecule has 0 unspecified atom stereocenters. The molecule has 20 heavy (non-hydrogen) atoms. The first-order valence-electron chi connectivity index (χ1n) is 5.50. The monoisotopic (exact) mass is 343 g/mol. The molecular formula is C13H14BrNO5. The van der Waals surface area contributed by atoms with Gasteiger partial charge in [-0.25, -0.2) is 9.59 Å². The number of benzene rings is 1. The summed E-state index contributed by atoms with van der Waals surface area (Å²) in [4.78, 5) is 22.9. The van der Waals surface area contributed by atoms with E-state index in [0.717, 1.165) is 6.08 Å². The van der Waals surface area contributed by atoms with Crippen LogP contribution < -0.4 is 10.1 Å². The van der Waals surface area contributed by atoms with Crippen LogP contribution in [0.5, 0.6) is 5.75 Å². The number of esters is 2. The molecule has 7 heteroatoms. The quantitative estimate of drug-likeness (QED) is 0.651. The molecule has 108 valence electrons. The second-order valence-electron chi connectivity index (χ2n) is 3.54. The SMILES string of the molecule is COC(=O)/C=C(/Nc1cc(OC)ccc1Br)C(=O)OC. The molecule has 0 aliphatic heterocycles. The summed E-state index contributed by atoms with van der Waals surface area (Å²) in [6.07, 6.45) is 1.01. The Kier molecular flexibility index (Phi) is 6.05. The van der Waals surface area contributed by atoms with Gasteiger partial charge in [0, 0.05) is 10.5 Å². The van der Waals surface area contributed by atoms with Crippen molar-refractivity contribution >= 4 is 33.6 Å². The van der Waals surface area contributed by atoms with Gasteiger partial charge < -0.3 is 19.5 Å². The van der Waals surface area contributed by atoms with Crippen molar-refractivity contribution in [2.24, 2.45) is 0 Å². The fourth-order valence-corrected chi connectivity index (χ4v) is 1.65. The Morgan fingerprint density at radius 1 is 1.20 bits per heavy atom. The van der Waals surface area contributed by atoms with Gasteiger partial charge in [0.25, 0.3) is 0 Å². The Morgan fingerprint density at radius 3 is 2.45 bits per heavy atom. The molecule has 0 bridgehead atoms. The van der Waals surface area contributed by atoms with E-state index in [4.69, 9.17) is 4.74 Å². The maximum atomic E-state index is 11.6. The van der Waals surface area contributed by atoms with Gasteiger partial charge in [0.15, 0.2) is 0 Å². The van der Waals surface area contributed by atoms with Crippen LogP contribution in [0.2, 0.25) is 0 Å². The lowest BCUT2D eigenvalue weighted by atomic mass is 10.2. The molecule has 6 nitrogen and oxygen atoms in total. The smallest absolute Gasteiger partial charge is 0.354 e. The van der Waals surface area contributed by atoms with Gasteiger partial charge in [-0.2, -0.15) is 0 Å². The normalized spacial score (nSPS) is 10.7. The van der Waals surface area contributed by atoms with Crippen molar-refractivity contribution in [1.82, 2.24) is 0 Å². The van der Waals surface area contributed by atoms with E-state index in [-0.39, 0.29) is 5.70 Å². The number of anilines is 1. The van der Waals surface area contributed by atoms with Crippen LogP contribution in [0.3, 0.4) is 0 Å². The molecule has 0 saturated carbocycles. The molecule has 0 radical (unpaired) electrons. The van der Waals surface area contributed by atoms with Gasteiger partial charge in [-0.1, -0.05) is 0 Å². The van der Waals surface area contributed by atoms with Crippen molar-refractivity contribution in [3.63, 3.8) is 0 Å². The topological polar surface area (TPSA) is 73.9 Å². The lowest BCUT2D eigenvalue weighted by Crippen LogP contribution is -2.15. The number of hydrogen-bond donors (Lipinski definition) is 1. The number of ether oxygens (including phenoxy) is 3. The molecule has 0 atom stereocenters. The second kappa shape index (κ2) is 7.54. The summed E-state index contributed by atoms with van der Waals surface area (Å²) < 4.78 is 14.9. The third kappa shape index (κ3) is 4.27. The molecule has 0 aromatic heterocycles. The summed E-state index contributed by atoms with van der Waals surface area (Å²) >= 11 is 3.33. The average Bonchev–Trinajstić information content (AvgIpc) is 2.47. The minimum atomic E-state index is -0.690. The van der Waals surface area contributed by atoms with Crippen molar-refractivity contribution in [3.05, 3.63) is 34.4 Å². The highest BCUT2D eigenvalue weighted by atomic mass is 79.9. The summed E-state index contributed by atoms with van der Waals surface area (Å²) in [5, 5.41) is 2.80. The molecule has 0 amide bonds. The third-order valence-electron chi connectivity index (χ3n) is 2.31. The largest absolute Gasteiger partial charge is 0.497 e. The van der Waals surface area contributed by atoms with E-state index in [9.17, 15) is 9.59 Å². The van der Waals surface area contributed by atoms with Gasteiger partial charge in [0.2, 0.25) is 0 Å². The average molecular weight is 344 g/mol. The molecule has 0 aliphatic rings. The van der Waals surface area contributed by atoms with Crippen LogP contribution >= 0.6 is 15.9 Å². The zero-order valence-corrected chi connectivity index (χ0v) is 12.8. The van der Waals surface area contributed by atoms with Crippen LogP contribution in [0.4, 0.5) is 5.69 Å². The zero-order valence-electron chi connectivity index (χ0n) is 11.2. The molecular weight excluding hydrogens is 330 g/mol. The highest BCUT2D eigenvalue weighted by Crippen LogP contribution is 2.28. The Morgan fingerprint density at radius 2 is 1.90 bits per heavy atom. The number of halogens is 1. The molecule has 1 aromatic rings. The van der Waals surface area contributed by atoms with Gasteiger partial charge >= 0.3 is 11.9 Å². The number of methoxy groups -OCH3 is 3. The lowest BCUT2D eigenvalue weighted by Gasteiger charge is -2.12. The molecule has 0 heterocycles. The maximum absolute atomic E-state index is 11.6. The number of hydrogen-bond acceptors (Lipinski definition) is 6. The summed E-state index contributed by atoms with van der Waals surface area (Å²) in [5.41, 5.74) is 0.498. The van der Waals surface area contributed by atoms with E-state index in [1.165, 1.54) is 21.3 Å². The predicted octanol–water partition coefficient (Wildman–Crippen LogP) is 2.10. The highest BCUT2D eigenvalue weighted by molar-refractivity contribution is 9.10. The van der Waals surface area contributed by atoms with Crippen molar-refractivity contribution in [2.75, 3.05) is 26.6 Å². The number of nitrogens with one attached hydrogen (secondary N) is 1. The first-order chi connectivity index (χ1) is 9.51. The van der Waals surface area contributed by atoms with Gasteiger partial charge in [-0.3, -0.25) is 0 Å². The number of carbonyl (C=O) groups excluding carboxylic acids is 2. The number of carbonyl (C=O) groups is 2. The van der Waals surface area contributed by atoms with Crippen molar-refractivity contribution in [2.45, 2.75) is 0 Å². The molecule has 0 spiro atoms. The Labute approximate surface area is 124 Å². The maximum Gasteiger partial charge on any atom is 0.354 e. The molecule has 1 rings (SSSR count). The third-order valence-corrected chi connectivity index (χ3v) is 3.00. The van der Waals surface area contributed by atoms with E-state index in [1.807, 2.05) is 0 Å². The summed E-state index contributed by atoms with van der Waals surface area (Å²) in [6.45, 7) is 0. The molecule has 0 aliphatic carbocycles. The number of rotatable bonds is 5. The molecule has 1 aromatic carbocycles. The van der Waals surface area contributed by atoms with E-state index >= 15 is 0 Å². The minimum Gasteiger partial charge on any atom is -0.497 e. The van der Waals surface area contributed by atoms with Crippen molar-refractivity contribution < 1.29 is 23.8 Å². The van der Waals surface area contributed by atoms with E-state index < -0.39 is 11.9 Å². The second-order valence-corrected chi connectivity index (χ2v) is 4.40. The Balaban J connectivity index is 3.09. The molecule has 0 saturated heterocycles. The van der Waals surface area contributed by atoms with Crippen molar-refractivity contribution in [1.29, 1.82) is 0 Å². The fourth-order valence-electron chi connectivity index (χ4n) is 1.31. The summed E-state index contributed by atoms with van der Waals surface area (Å²) in [6, 6.07) is 5.16. The van der Waals surface area contributed by atoms with Crippen LogP contribution in [-0.2, 0) is 19.1 Å². The first-order valence-corrected chi connectivity index (χ1v) is 6.29. The van der Waals surface area contributed by atoms with Crippen LogP contribution in [0.1, 0.15) is 0 Å². The minimum absolute atomic E-state index is 0.0479. The predicted molar refractivity (Wildman–Crippen MR) is 76.4 cm³/mol. The van der Waals surface area contributed by atoms with Gasteiger partial charge in [-0.15, -0.1) is 0 Å². The zero-order chi connectivity index (χ0) is 15.1. The van der Waals surface area contributed by atoms with Gasteiger partial charge in [0.05, 0.1) is 33.1 Å².